The fourth-order valence-electron chi connectivity index (χ4n) is 2.98. The van der Waals surface area contributed by atoms with Gasteiger partial charge in [0.2, 0.25) is 0 Å². The summed E-state index contributed by atoms with van der Waals surface area (Å²) in [5.41, 5.74) is 2.09. The van der Waals surface area contributed by atoms with Crippen molar-refractivity contribution in [2.24, 2.45) is 5.92 Å². The van der Waals surface area contributed by atoms with Crippen LogP contribution in [0.2, 0.25) is 0 Å². The van der Waals surface area contributed by atoms with E-state index in [4.69, 9.17) is 9.47 Å². The lowest BCUT2D eigenvalue weighted by molar-refractivity contribution is 0.102. The molecular formula is C21H29NO3. The molecule has 1 atom stereocenters. The van der Waals surface area contributed by atoms with Crippen molar-refractivity contribution in [3.05, 3.63) is 59.7 Å². The van der Waals surface area contributed by atoms with Crippen molar-refractivity contribution >= 4 is 0 Å². The highest BCUT2D eigenvalue weighted by atomic mass is 16.5. The van der Waals surface area contributed by atoms with Crippen LogP contribution in [0.25, 0.3) is 0 Å². The molecule has 136 valence electrons. The number of aliphatic hydroxyl groups is 1. The third-order valence-electron chi connectivity index (χ3n) is 4.09. The Labute approximate surface area is 151 Å². The third-order valence-corrected chi connectivity index (χ3v) is 4.09. The summed E-state index contributed by atoms with van der Waals surface area (Å²) in [6.45, 7) is 6.64. The molecule has 1 unspecified atom stereocenters. The predicted octanol–water partition coefficient (Wildman–Crippen LogP) is 3.90. The van der Waals surface area contributed by atoms with Gasteiger partial charge in [0.1, 0.15) is 0 Å². The molecule has 4 nitrogen and oxygen atoms in total. The summed E-state index contributed by atoms with van der Waals surface area (Å²) in [7, 11) is 3.28. The summed E-state index contributed by atoms with van der Waals surface area (Å²) >= 11 is 0. The number of nitrogens with zero attached hydrogens (tertiary/aromatic N) is 1. The van der Waals surface area contributed by atoms with Gasteiger partial charge < -0.3 is 14.6 Å². The van der Waals surface area contributed by atoms with Crippen LogP contribution in [0.4, 0.5) is 0 Å². The lowest BCUT2D eigenvalue weighted by Crippen LogP contribution is -2.31. The zero-order valence-electron chi connectivity index (χ0n) is 15.6. The molecule has 0 aliphatic heterocycles. The van der Waals surface area contributed by atoms with Gasteiger partial charge in [0.05, 0.1) is 20.3 Å². The van der Waals surface area contributed by atoms with E-state index in [9.17, 15) is 5.11 Å². The Kier molecular flexibility index (Phi) is 7.29. The highest BCUT2D eigenvalue weighted by Gasteiger charge is 2.16. The Morgan fingerprint density at radius 3 is 2.20 bits per heavy atom. The summed E-state index contributed by atoms with van der Waals surface area (Å²) in [5.74, 6) is 1.97. The molecule has 0 aliphatic rings. The molecule has 2 aromatic rings. The van der Waals surface area contributed by atoms with Gasteiger partial charge in [0.15, 0.2) is 11.5 Å². The van der Waals surface area contributed by atoms with Crippen LogP contribution in [0.1, 0.15) is 31.1 Å². The zero-order chi connectivity index (χ0) is 18.2. The quantitative estimate of drug-likeness (QED) is 0.750. The lowest BCUT2D eigenvalue weighted by Gasteiger charge is -2.27. The molecule has 2 rings (SSSR count). The molecule has 0 fully saturated rings. The van der Waals surface area contributed by atoms with E-state index in [-0.39, 0.29) is 0 Å². The van der Waals surface area contributed by atoms with E-state index in [1.807, 2.05) is 48.5 Å². The summed E-state index contributed by atoms with van der Waals surface area (Å²) < 4.78 is 10.7. The number of rotatable bonds is 9. The first-order valence-corrected chi connectivity index (χ1v) is 8.69. The number of benzene rings is 2. The molecule has 0 saturated carbocycles. The molecule has 25 heavy (non-hydrogen) atoms. The zero-order valence-corrected chi connectivity index (χ0v) is 15.6. The van der Waals surface area contributed by atoms with Gasteiger partial charge in [-0.05, 0) is 29.2 Å². The monoisotopic (exact) mass is 343 g/mol. The molecular weight excluding hydrogens is 314 g/mol. The van der Waals surface area contributed by atoms with Crippen molar-refractivity contribution < 1.29 is 14.6 Å². The number of hydrogen-bond acceptors (Lipinski definition) is 4. The highest BCUT2D eigenvalue weighted by molar-refractivity contribution is 5.42. The predicted molar refractivity (Wildman–Crippen MR) is 101 cm³/mol. The van der Waals surface area contributed by atoms with E-state index in [0.29, 0.717) is 12.5 Å². The minimum atomic E-state index is -0.500. The normalized spacial score (nSPS) is 12.4. The number of aliphatic hydroxyl groups excluding tert-OH is 1. The van der Waals surface area contributed by atoms with Gasteiger partial charge in [-0.1, -0.05) is 50.2 Å². The van der Waals surface area contributed by atoms with Crippen molar-refractivity contribution in [3.8, 4) is 11.5 Å². The van der Waals surface area contributed by atoms with E-state index in [1.165, 1.54) is 0 Å². The summed E-state index contributed by atoms with van der Waals surface area (Å²) in [6.07, 6.45) is -0.500. The van der Waals surface area contributed by atoms with Crippen molar-refractivity contribution in [2.45, 2.75) is 26.5 Å². The average molecular weight is 343 g/mol. The van der Waals surface area contributed by atoms with E-state index in [1.54, 1.807) is 14.2 Å². The fourth-order valence-corrected chi connectivity index (χ4v) is 2.98. The smallest absolute Gasteiger partial charge is 0.161 e. The van der Waals surface area contributed by atoms with Gasteiger partial charge in [0, 0.05) is 19.6 Å². The minimum Gasteiger partial charge on any atom is -0.493 e. The lowest BCUT2D eigenvalue weighted by atomic mass is 10.1. The van der Waals surface area contributed by atoms with Crippen molar-refractivity contribution in [2.75, 3.05) is 27.3 Å². The van der Waals surface area contributed by atoms with Crippen LogP contribution in [0.15, 0.2) is 48.5 Å². The Morgan fingerprint density at radius 2 is 1.60 bits per heavy atom. The van der Waals surface area contributed by atoms with Gasteiger partial charge in [-0.2, -0.15) is 0 Å². The van der Waals surface area contributed by atoms with Crippen LogP contribution in [0.5, 0.6) is 11.5 Å². The minimum absolute atomic E-state index is 0.500. The van der Waals surface area contributed by atoms with Gasteiger partial charge in [-0.15, -0.1) is 0 Å². The molecule has 0 saturated heterocycles. The van der Waals surface area contributed by atoms with E-state index < -0.39 is 6.10 Å². The standard InChI is InChI=1S/C21H29NO3/c1-16(2)13-22(15-19(23)18-8-6-5-7-9-18)14-17-10-11-20(24-3)21(12-17)25-4/h5-12,16,19,23H,13-15H2,1-4H3. The van der Waals surface area contributed by atoms with E-state index >= 15 is 0 Å². The highest BCUT2D eigenvalue weighted by Crippen LogP contribution is 2.28. The Bertz CT molecular complexity index is 643. The molecule has 0 aliphatic carbocycles. The summed E-state index contributed by atoms with van der Waals surface area (Å²) in [4.78, 5) is 2.28. The van der Waals surface area contributed by atoms with Crippen molar-refractivity contribution in [1.29, 1.82) is 0 Å². The maximum Gasteiger partial charge on any atom is 0.161 e. The van der Waals surface area contributed by atoms with Gasteiger partial charge in [-0.3, -0.25) is 4.90 Å². The number of hydrogen-bond donors (Lipinski definition) is 1. The topological polar surface area (TPSA) is 41.9 Å². The maximum atomic E-state index is 10.6. The molecule has 1 N–H and O–H groups in total. The van der Waals surface area contributed by atoms with Gasteiger partial charge in [-0.25, -0.2) is 0 Å². The molecule has 0 bridgehead atoms. The van der Waals surface area contributed by atoms with Crippen LogP contribution in [-0.4, -0.2) is 37.3 Å². The Balaban J connectivity index is 2.12. The van der Waals surface area contributed by atoms with E-state index in [0.717, 1.165) is 35.7 Å². The van der Waals surface area contributed by atoms with Crippen LogP contribution >= 0.6 is 0 Å². The molecule has 2 aromatic carbocycles. The SMILES string of the molecule is COc1ccc(CN(CC(C)C)CC(O)c2ccccc2)cc1OC. The Morgan fingerprint density at radius 1 is 0.920 bits per heavy atom. The molecule has 4 heteroatoms. The summed E-state index contributed by atoms with van der Waals surface area (Å²) in [5, 5.41) is 10.6. The first-order chi connectivity index (χ1) is 12.0. The fraction of sp³-hybridized carbons (Fsp3) is 0.429. The molecule has 0 radical (unpaired) electrons. The van der Waals surface area contributed by atoms with E-state index in [2.05, 4.69) is 18.7 Å². The number of methoxy groups -OCH3 is 2. The Hall–Kier alpha value is -2.04. The molecule has 0 aromatic heterocycles. The van der Waals surface area contributed by atoms with Crippen LogP contribution in [-0.2, 0) is 6.54 Å². The van der Waals surface area contributed by atoms with Gasteiger partial charge in [0.25, 0.3) is 0 Å². The third kappa shape index (κ3) is 5.76. The van der Waals surface area contributed by atoms with Crippen molar-refractivity contribution in [3.63, 3.8) is 0 Å². The van der Waals surface area contributed by atoms with Crippen LogP contribution in [0.3, 0.4) is 0 Å². The van der Waals surface area contributed by atoms with Crippen LogP contribution < -0.4 is 9.47 Å². The maximum absolute atomic E-state index is 10.6. The largest absolute Gasteiger partial charge is 0.493 e. The van der Waals surface area contributed by atoms with Gasteiger partial charge >= 0.3 is 0 Å². The number of ether oxygens (including phenoxy) is 2. The second-order valence-corrected chi connectivity index (χ2v) is 6.70. The van der Waals surface area contributed by atoms with Crippen molar-refractivity contribution in [1.82, 2.24) is 4.90 Å². The molecule has 0 spiro atoms. The molecule has 0 heterocycles. The first kappa shape index (κ1) is 19.3. The van der Waals surface area contributed by atoms with Crippen LogP contribution in [0, 0.1) is 5.92 Å². The first-order valence-electron chi connectivity index (χ1n) is 8.69. The average Bonchev–Trinajstić information content (AvgIpc) is 2.61. The second-order valence-electron chi connectivity index (χ2n) is 6.70. The summed E-state index contributed by atoms with van der Waals surface area (Å²) in [6, 6.07) is 15.8. The molecule has 0 amide bonds. The second kappa shape index (κ2) is 9.44.